The van der Waals surface area contributed by atoms with E-state index in [9.17, 15) is 0 Å². The summed E-state index contributed by atoms with van der Waals surface area (Å²) in [6.07, 6.45) is 2.97. The Bertz CT molecular complexity index is 269. The predicted octanol–water partition coefficient (Wildman–Crippen LogP) is 4.11. The number of aryl methyl sites for hydroxylation is 2. The minimum atomic E-state index is 0.824. The number of hydrogen-bond donors (Lipinski definition) is 0. The average Bonchev–Trinajstić information content (AvgIpc) is 2.33. The Hall–Kier alpha value is -1.20. The Labute approximate surface area is 80.8 Å². The first-order valence-corrected chi connectivity index (χ1v) is 4.58. The molecule has 0 aromatic carbocycles. The Balaban J connectivity index is 0.000000424. The molecule has 0 fully saturated rings. The van der Waals surface area contributed by atoms with E-state index in [2.05, 4.69) is 26.2 Å². The van der Waals surface area contributed by atoms with Crippen molar-refractivity contribution in [1.29, 1.82) is 0 Å². The van der Waals surface area contributed by atoms with Crippen LogP contribution in [0.1, 0.15) is 37.4 Å². The van der Waals surface area contributed by atoms with E-state index in [0.717, 1.165) is 11.5 Å². The van der Waals surface area contributed by atoms with Gasteiger partial charge in [-0.1, -0.05) is 26.8 Å². The maximum absolute atomic E-state index is 5.30. The van der Waals surface area contributed by atoms with Gasteiger partial charge in [-0.25, -0.2) is 0 Å². The fourth-order valence-electron chi connectivity index (χ4n) is 0.773. The van der Waals surface area contributed by atoms with Crippen LogP contribution in [0, 0.1) is 13.8 Å². The third-order valence-electron chi connectivity index (χ3n) is 1.43. The first-order valence-electron chi connectivity index (χ1n) is 4.58. The van der Waals surface area contributed by atoms with Gasteiger partial charge in [-0.3, -0.25) is 0 Å². The van der Waals surface area contributed by atoms with E-state index in [1.165, 1.54) is 12.0 Å². The van der Waals surface area contributed by atoms with Gasteiger partial charge in [0.1, 0.15) is 11.5 Å². The molecule has 13 heavy (non-hydrogen) atoms. The smallest absolute Gasteiger partial charge is 0.134 e. The zero-order chi connectivity index (χ0) is 10.3. The van der Waals surface area contributed by atoms with Gasteiger partial charge in [-0.2, -0.15) is 0 Å². The first-order chi connectivity index (χ1) is 6.15. The number of rotatable bonds is 1. The molecule has 0 saturated heterocycles. The van der Waals surface area contributed by atoms with Crippen LogP contribution in [0.5, 0.6) is 0 Å². The molecule has 1 heterocycles. The maximum Gasteiger partial charge on any atom is 0.134 e. The zero-order valence-electron chi connectivity index (χ0n) is 8.98. The van der Waals surface area contributed by atoms with Crippen LogP contribution in [0.25, 0.3) is 6.08 Å². The van der Waals surface area contributed by atoms with E-state index in [1.807, 2.05) is 19.9 Å². The fraction of sp³-hybridized carbons (Fsp3) is 0.417. The summed E-state index contributed by atoms with van der Waals surface area (Å²) in [5.41, 5.74) is 3.82. The Morgan fingerprint density at radius 2 is 2.00 bits per heavy atom. The lowest BCUT2D eigenvalue weighted by molar-refractivity contribution is 0.523. The van der Waals surface area contributed by atoms with Gasteiger partial charge in [0, 0.05) is 6.08 Å². The fourth-order valence-corrected chi connectivity index (χ4v) is 0.773. The number of furan rings is 1. The summed E-state index contributed by atoms with van der Waals surface area (Å²) in [4.78, 5) is 0. The summed E-state index contributed by atoms with van der Waals surface area (Å²) in [6.45, 7) is 11.7. The van der Waals surface area contributed by atoms with E-state index in [1.54, 1.807) is 6.08 Å². The van der Waals surface area contributed by atoms with Crippen LogP contribution in [0.4, 0.5) is 0 Å². The molecule has 0 unspecified atom stereocenters. The molecule has 0 amide bonds. The Kier molecular flexibility index (Phi) is 5.75. The molecule has 1 aromatic rings. The standard InChI is InChI=1S/C9H10O.C3H8/c1-4-5-9-6-7(2)8(3)10-9;1-3-2/h5-6H,1H2,2-3H3;3H2,1-2H3. The minimum absolute atomic E-state index is 0.824. The lowest BCUT2D eigenvalue weighted by Crippen LogP contribution is -1.63. The molecule has 1 nitrogen and oxygen atoms in total. The SMILES string of the molecule is C=C=Cc1cc(C)c(C)o1.CCC. The molecule has 0 bridgehead atoms. The van der Waals surface area contributed by atoms with Crippen LogP contribution in [-0.4, -0.2) is 0 Å². The van der Waals surface area contributed by atoms with E-state index >= 15 is 0 Å². The molecule has 1 aromatic heterocycles. The minimum Gasteiger partial charge on any atom is -0.461 e. The van der Waals surface area contributed by atoms with Gasteiger partial charge in [0.25, 0.3) is 0 Å². The molecule has 72 valence electrons. The second kappa shape index (κ2) is 6.33. The Morgan fingerprint density at radius 1 is 1.46 bits per heavy atom. The molecule has 1 rings (SSSR count). The molecular formula is C12H18O. The van der Waals surface area contributed by atoms with E-state index in [4.69, 9.17) is 4.42 Å². The van der Waals surface area contributed by atoms with Crippen LogP contribution in [-0.2, 0) is 0 Å². The van der Waals surface area contributed by atoms with Gasteiger partial charge in [0.15, 0.2) is 0 Å². The molecule has 1 heteroatoms. The van der Waals surface area contributed by atoms with Crippen molar-refractivity contribution in [2.75, 3.05) is 0 Å². The molecule has 0 aliphatic heterocycles. The van der Waals surface area contributed by atoms with Crippen molar-refractivity contribution < 1.29 is 4.42 Å². The van der Waals surface area contributed by atoms with E-state index in [-0.39, 0.29) is 0 Å². The number of hydrogen-bond acceptors (Lipinski definition) is 1. The normalized spacial score (nSPS) is 8.31. The van der Waals surface area contributed by atoms with Crippen LogP contribution >= 0.6 is 0 Å². The zero-order valence-corrected chi connectivity index (χ0v) is 8.98. The molecule has 0 spiro atoms. The molecule has 0 saturated carbocycles. The van der Waals surface area contributed by atoms with Crippen molar-refractivity contribution in [2.24, 2.45) is 0 Å². The van der Waals surface area contributed by atoms with E-state index < -0.39 is 0 Å². The lowest BCUT2D eigenvalue weighted by Gasteiger charge is -1.81. The molecule has 0 radical (unpaired) electrons. The van der Waals surface area contributed by atoms with E-state index in [0.29, 0.717) is 0 Å². The van der Waals surface area contributed by atoms with Crippen LogP contribution in [0.15, 0.2) is 22.8 Å². The summed E-state index contributed by atoms with van der Waals surface area (Å²) >= 11 is 0. The van der Waals surface area contributed by atoms with Crippen LogP contribution in [0.3, 0.4) is 0 Å². The molecule has 0 N–H and O–H groups in total. The third kappa shape index (κ3) is 4.39. The predicted molar refractivity (Wildman–Crippen MR) is 57.8 cm³/mol. The van der Waals surface area contributed by atoms with Gasteiger partial charge in [-0.15, -0.1) is 5.73 Å². The van der Waals surface area contributed by atoms with Crippen molar-refractivity contribution in [3.8, 4) is 0 Å². The highest BCUT2D eigenvalue weighted by atomic mass is 16.3. The topological polar surface area (TPSA) is 13.1 Å². The van der Waals surface area contributed by atoms with Crippen molar-refractivity contribution in [1.82, 2.24) is 0 Å². The largest absolute Gasteiger partial charge is 0.461 e. The molecule has 0 aliphatic carbocycles. The van der Waals surface area contributed by atoms with Crippen LogP contribution < -0.4 is 0 Å². The van der Waals surface area contributed by atoms with Crippen molar-refractivity contribution in [3.63, 3.8) is 0 Å². The molecular weight excluding hydrogens is 160 g/mol. The van der Waals surface area contributed by atoms with Crippen molar-refractivity contribution in [2.45, 2.75) is 34.1 Å². The summed E-state index contributed by atoms with van der Waals surface area (Å²) in [5, 5.41) is 0. The van der Waals surface area contributed by atoms with Gasteiger partial charge in [0.2, 0.25) is 0 Å². The van der Waals surface area contributed by atoms with Crippen LogP contribution in [0.2, 0.25) is 0 Å². The monoisotopic (exact) mass is 178 g/mol. The van der Waals surface area contributed by atoms with Gasteiger partial charge in [-0.05, 0) is 25.5 Å². The highest BCUT2D eigenvalue weighted by Crippen LogP contribution is 2.13. The summed E-state index contributed by atoms with van der Waals surface area (Å²) in [5.74, 6) is 1.78. The summed E-state index contributed by atoms with van der Waals surface area (Å²) in [7, 11) is 0. The maximum atomic E-state index is 5.30. The Morgan fingerprint density at radius 3 is 2.31 bits per heavy atom. The average molecular weight is 178 g/mol. The third-order valence-corrected chi connectivity index (χ3v) is 1.43. The second-order valence-electron chi connectivity index (χ2n) is 2.94. The highest BCUT2D eigenvalue weighted by molar-refractivity contribution is 5.43. The summed E-state index contributed by atoms with van der Waals surface area (Å²) in [6, 6.07) is 1.97. The van der Waals surface area contributed by atoms with Gasteiger partial charge < -0.3 is 4.42 Å². The van der Waals surface area contributed by atoms with Gasteiger partial charge in [0.05, 0.1) is 0 Å². The molecule has 0 aliphatic rings. The van der Waals surface area contributed by atoms with Crippen molar-refractivity contribution >= 4 is 6.08 Å². The van der Waals surface area contributed by atoms with Crippen molar-refractivity contribution in [3.05, 3.63) is 35.5 Å². The first kappa shape index (κ1) is 11.8. The highest BCUT2D eigenvalue weighted by Gasteiger charge is 1.97. The quantitative estimate of drug-likeness (QED) is 0.590. The lowest BCUT2D eigenvalue weighted by atomic mass is 10.3. The summed E-state index contributed by atoms with van der Waals surface area (Å²) < 4.78 is 5.30. The molecule has 0 atom stereocenters. The second-order valence-corrected chi connectivity index (χ2v) is 2.94. The van der Waals surface area contributed by atoms with Gasteiger partial charge >= 0.3 is 0 Å².